The Labute approximate surface area is 98.1 Å². The van der Waals surface area contributed by atoms with Gasteiger partial charge in [-0.25, -0.2) is 9.97 Å². The molecule has 6 heteroatoms. The molecule has 72 valence electrons. The zero-order valence-electron chi connectivity index (χ0n) is 7.01. The summed E-state index contributed by atoms with van der Waals surface area (Å²) < 4.78 is 1.55. The normalized spacial score (nSPS) is 8.71. The van der Waals surface area contributed by atoms with Gasteiger partial charge in [0.1, 0.15) is 9.21 Å². The predicted octanol–water partition coefficient (Wildman–Crippen LogP) is 2.48. The van der Waals surface area contributed by atoms with Crippen LogP contribution in [0.25, 0.3) is 0 Å². The Morgan fingerprint density at radius 1 is 0.714 bits per heavy atom. The summed E-state index contributed by atoms with van der Waals surface area (Å²) in [6.07, 6.45) is 9.80. The van der Waals surface area contributed by atoms with Crippen LogP contribution in [0.15, 0.2) is 46.4 Å². The van der Waals surface area contributed by atoms with Crippen molar-refractivity contribution in [3.63, 3.8) is 0 Å². The van der Waals surface area contributed by atoms with E-state index in [-0.39, 0.29) is 0 Å². The number of nitrogens with zero attached hydrogens (tertiary/aromatic N) is 4. The first kappa shape index (κ1) is 11.2. The maximum Gasteiger partial charge on any atom is 0.124 e. The van der Waals surface area contributed by atoms with Crippen LogP contribution in [-0.4, -0.2) is 19.9 Å². The van der Waals surface area contributed by atoms with E-state index < -0.39 is 0 Å². The second-order valence-corrected chi connectivity index (χ2v) is 3.68. The highest BCUT2D eigenvalue weighted by atomic mass is 79.9. The molecule has 0 aliphatic carbocycles. The van der Waals surface area contributed by atoms with Crippen LogP contribution in [0, 0.1) is 0 Å². The van der Waals surface area contributed by atoms with Gasteiger partial charge in [-0.15, -0.1) is 0 Å². The first-order valence-corrected chi connectivity index (χ1v) is 5.20. The largest absolute Gasteiger partial charge is 0.260 e. The summed E-state index contributed by atoms with van der Waals surface area (Å²) in [4.78, 5) is 15.2. The molecule has 2 heterocycles. The molecule has 0 spiro atoms. The molecule has 0 N–H and O–H groups in total. The van der Waals surface area contributed by atoms with Crippen LogP contribution in [0.3, 0.4) is 0 Å². The molecule has 0 saturated carbocycles. The minimum atomic E-state index is 0.773. The topological polar surface area (TPSA) is 51.6 Å². The Kier molecular flexibility index (Phi) is 5.24. The molecule has 0 aliphatic rings. The van der Waals surface area contributed by atoms with Crippen molar-refractivity contribution in [2.24, 2.45) is 0 Å². The summed E-state index contributed by atoms with van der Waals surface area (Å²) in [7, 11) is 0. The molecule has 0 saturated heterocycles. The van der Waals surface area contributed by atoms with E-state index in [1.807, 2.05) is 0 Å². The Morgan fingerprint density at radius 2 is 1.14 bits per heavy atom. The van der Waals surface area contributed by atoms with E-state index in [0.29, 0.717) is 0 Å². The van der Waals surface area contributed by atoms with Crippen molar-refractivity contribution in [2.45, 2.75) is 0 Å². The van der Waals surface area contributed by atoms with Gasteiger partial charge in [-0.2, -0.15) is 0 Å². The standard InChI is InChI=1S/2C4H3BrN2/c2*5-4-3-6-1-2-7-4/h2*1-3H. The van der Waals surface area contributed by atoms with Crippen molar-refractivity contribution >= 4 is 31.9 Å². The van der Waals surface area contributed by atoms with Crippen molar-refractivity contribution in [3.05, 3.63) is 46.4 Å². The number of rotatable bonds is 0. The molecule has 4 nitrogen and oxygen atoms in total. The lowest BCUT2D eigenvalue weighted by atomic mass is 10.8. The molecule has 2 rings (SSSR count). The number of hydrogen-bond acceptors (Lipinski definition) is 4. The van der Waals surface area contributed by atoms with Gasteiger partial charge < -0.3 is 0 Å². The van der Waals surface area contributed by atoms with Crippen molar-refractivity contribution in [3.8, 4) is 0 Å². The number of halogens is 2. The smallest absolute Gasteiger partial charge is 0.124 e. The van der Waals surface area contributed by atoms with E-state index in [4.69, 9.17) is 0 Å². The molecule has 0 bridgehead atoms. The lowest BCUT2D eigenvalue weighted by Gasteiger charge is -1.79. The van der Waals surface area contributed by atoms with E-state index in [1.165, 1.54) is 0 Å². The monoisotopic (exact) mass is 316 g/mol. The molecule has 0 aromatic carbocycles. The molecule has 0 atom stereocenters. The molecule has 0 aliphatic heterocycles. The molecule has 0 unspecified atom stereocenters. The fraction of sp³-hybridized carbons (Fsp3) is 0. The third kappa shape index (κ3) is 4.98. The summed E-state index contributed by atoms with van der Waals surface area (Å²) in [5.41, 5.74) is 0. The van der Waals surface area contributed by atoms with Crippen LogP contribution in [0.1, 0.15) is 0 Å². The van der Waals surface area contributed by atoms with E-state index >= 15 is 0 Å². The van der Waals surface area contributed by atoms with Crippen molar-refractivity contribution < 1.29 is 0 Å². The Hall–Kier alpha value is -0.880. The predicted molar refractivity (Wildman–Crippen MR) is 59.5 cm³/mol. The van der Waals surface area contributed by atoms with Gasteiger partial charge in [-0.3, -0.25) is 9.97 Å². The lowest BCUT2D eigenvalue weighted by molar-refractivity contribution is 1.16. The molecular formula is C8H6Br2N4. The third-order valence-corrected chi connectivity index (χ3v) is 1.88. The minimum Gasteiger partial charge on any atom is -0.260 e. The maximum absolute atomic E-state index is 3.83. The van der Waals surface area contributed by atoms with E-state index in [2.05, 4.69) is 51.8 Å². The fourth-order valence-corrected chi connectivity index (χ4v) is 1.03. The van der Waals surface area contributed by atoms with E-state index in [1.54, 1.807) is 37.2 Å². The molecule has 14 heavy (non-hydrogen) atoms. The van der Waals surface area contributed by atoms with Crippen LogP contribution < -0.4 is 0 Å². The number of hydrogen-bond donors (Lipinski definition) is 0. The van der Waals surface area contributed by atoms with Crippen LogP contribution in [0.4, 0.5) is 0 Å². The quantitative estimate of drug-likeness (QED) is 0.749. The van der Waals surface area contributed by atoms with Gasteiger partial charge in [0.2, 0.25) is 0 Å². The molecule has 0 radical (unpaired) electrons. The first-order chi connectivity index (χ1) is 6.79. The van der Waals surface area contributed by atoms with Gasteiger partial charge in [-0.05, 0) is 31.9 Å². The van der Waals surface area contributed by atoms with Gasteiger partial charge in [0.25, 0.3) is 0 Å². The highest BCUT2D eigenvalue weighted by Crippen LogP contribution is 1.98. The average Bonchev–Trinajstić information content (AvgIpc) is 2.21. The lowest BCUT2D eigenvalue weighted by Crippen LogP contribution is -1.72. The second kappa shape index (κ2) is 6.56. The first-order valence-electron chi connectivity index (χ1n) is 3.62. The highest BCUT2D eigenvalue weighted by Gasteiger charge is 1.77. The Balaban J connectivity index is 0.000000140. The van der Waals surface area contributed by atoms with Crippen molar-refractivity contribution in [2.75, 3.05) is 0 Å². The van der Waals surface area contributed by atoms with Gasteiger partial charge in [0, 0.05) is 24.8 Å². The van der Waals surface area contributed by atoms with Crippen LogP contribution in [0.2, 0.25) is 0 Å². The van der Waals surface area contributed by atoms with Crippen molar-refractivity contribution in [1.82, 2.24) is 19.9 Å². The van der Waals surface area contributed by atoms with Gasteiger partial charge in [-0.1, -0.05) is 0 Å². The van der Waals surface area contributed by atoms with Crippen LogP contribution >= 0.6 is 31.9 Å². The third-order valence-electron chi connectivity index (χ3n) is 1.06. The molecule has 2 aromatic rings. The maximum atomic E-state index is 3.83. The SMILES string of the molecule is Brc1cnccn1.Brc1cnccn1. The zero-order valence-corrected chi connectivity index (χ0v) is 10.2. The summed E-state index contributed by atoms with van der Waals surface area (Å²) in [5, 5.41) is 0. The Morgan fingerprint density at radius 3 is 1.29 bits per heavy atom. The summed E-state index contributed by atoms with van der Waals surface area (Å²) in [5.74, 6) is 0. The van der Waals surface area contributed by atoms with Crippen molar-refractivity contribution in [1.29, 1.82) is 0 Å². The Bertz CT molecular complexity index is 317. The second-order valence-electron chi connectivity index (χ2n) is 2.06. The summed E-state index contributed by atoms with van der Waals surface area (Å²) >= 11 is 6.28. The van der Waals surface area contributed by atoms with Gasteiger partial charge >= 0.3 is 0 Å². The fourth-order valence-electron chi connectivity index (χ4n) is 0.562. The molecule has 0 fully saturated rings. The van der Waals surface area contributed by atoms with E-state index in [9.17, 15) is 0 Å². The highest BCUT2D eigenvalue weighted by molar-refractivity contribution is 9.10. The van der Waals surface area contributed by atoms with Crippen LogP contribution in [-0.2, 0) is 0 Å². The zero-order chi connectivity index (χ0) is 10.2. The molecule has 2 aromatic heterocycles. The average molecular weight is 318 g/mol. The van der Waals surface area contributed by atoms with Gasteiger partial charge in [0.05, 0.1) is 12.4 Å². The number of aromatic nitrogens is 4. The minimum absolute atomic E-state index is 0.773. The summed E-state index contributed by atoms with van der Waals surface area (Å²) in [6.45, 7) is 0. The summed E-state index contributed by atoms with van der Waals surface area (Å²) in [6, 6.07) is 0. The molecule has 0 amide bonds. The van der Waals surface area contributed by atoms with Gasteiger partial charge in [0.15, 0.2) is 0 Å². The molecular weight excluding hydrogens is 312 g/mol. The van der Waals surface area contributed by atoms with E-state index in [0.717, 1.165) is 9.21 Å². The van der Waals surface area contributed by atoms with Crippen LogP contribution in [0.5, 0.6) is 0 Å².